The smallest absolute Gasteiger partial charge is 0.444 e. The first kappa shape index (κ1) is 17.4. The Morgan fingerprint density at radius 1 is 1.14 bits per heavy atom. The molecule has 1 heterocycles. The summed E-state index contributed by atoms with van der Waals surface area (Å²) in [4.78, 5) is 11.9. The summed E-state index contributed by atoms with van der Waals surface area (Å²) in [7, 11) is -0.386. The van der Waals surface area contributed by atoms with Crippen LogP contribution in [0.2, 0.25) is 0 Å². The van der Waals surface area contributed by atoms with Crippen molar-refractivity contribution in [2.75, 3.05) is 0 Å². The summed E-state index contributed by atoms with van der Waals surface area (Å²) in [5.74, 6) is 1.89. The summed E-state index contributed by atoms with van der Waals surface area (Å²) in [6.07, 6.45) is 3.40. The van der Waals surface area contributed by atoms with Crippen molar-refractivity contribution in [2.45, 2.75) is 83.6 Å². The predicted molar refractivity (Wildman–Crippen MR) is 86.6 cm³/mol. The molecule has 2 aliphatic rings. The van der Waals surface area contributed by atoms with Gasteiger partial charge in [0.25, 0.3) is 0 Å². The second kappa shape index (κ2) is 5.27. The van der Waals surface area contributed by atoms with Crippen molar-refractivity contribution in [1.29, 1.82) is 0 Å². The van der Waals surface area contributed by atoms with Crippen molar-refractivity contribution in [3.8, 4) is 0 Å². The summed E-state index contributed by atoms with van der Waals surface area (Å²) >= 11 is 0. The summed E-state index contributed by atoms with van der Waals surface area (Å²) in [5.41, 5.74) is -1.50. The molecule has 0 atom stereocenters. The van der Waals surface area contributed by atoms with Gasteiger partial charge in [-0.15, -0.1) is 0 Å². The first-order valence-electron chi connectivity index (χ1n) is 7.90. The van der Waals surface area contributed by atoms with Crippen LogP contribution in [0, 0.1) is 0 Å². The first-order chi connectivity index (χ1) is 9.84. The Labute approximate surface area is 133 Å². The molecule has 5 nitrogen and oxygen atoms in total. The molecule has 2 rings (SSSR count). The number of rotatable bonds is 3. The van der Waals surface area contributed by atoms with Gasteiger partial charge >= 0.3 is 13.2 Å². The van der Waals surface area contributed by atoms with E-state index in [1.54, 1.807) is 0 Å². The number of hydrogen-bond acceptors (Lipinski definition) is 4. The number of carbonyl (C=O) groups excluding carboxylic acids is 1. The van der Waals surface area contributed by atoms with Gasteiger partial charge in [0.15, 0.2) is 0 Å². The molecule has 0 unspecified atom stereocenters. The van der Waals surface area contributed by atoms with Gasteiger partial charge in [0.05, 0.1) is 16.7 Å². The average molecular weight is 309 g/mol. The van der Waals surface area contributed by atoms with E-state index in [0.29, 0.717) is 0 Å². The van der Waals surface area contributed by atoms with E-state index in [0.717, 1.165) is 12.8 Å². The molecular formula is C16H28BNO4. The number of nitrogens with one attached hydrogen (secondary N) is 1. The maximum atomic E-state index is 11.9. The third-order valence-electron chi connectivity index (χ3n) is 4.38. The Morgan fingerprint density at radius 2 is 1.64 bits per heavy atom. The summed E-state index contributed by atoms with van der Waals surface area (Å²) in [6, 6.07) is 0. The second-order valence-corrected chi connectivity index (χ2v) is 8.27. The van der Waals surface area contributed by atoms with Crippen molar-refractivity contribution in [3.63, 3.8) is 0 Å². The molecule has 0 aromatic carbocycles. The van der Waals surface area contributed by atoms with Crippen LogP contribution in [0.15, 0.2) is 12.1 Å². The molecule has 0 radical (unpaired) electrons. The van der Waals surface area contributed by atoms with Crippen LogP contribution >= 0.6 is 0 Å². The van der Waals surface area contributed by atoms with Crippen molar-refractivity contribution < 1.29 is 18.8 Å². The molecule has 22 heavy (non-hydrogen) atoms. The zero-order valence-corrected chi connectivity index (χ0v) is 14.8. The maximum absolute atomic E-state index is 11.9. The third-order valence-corrected chi connectivity index (χ3v) is 4.38. The standard InChI is InChI=1S/C16H28BNO4/c1-13(2,3)20-12(19)18-16(8-9-16)10-11-17-21-14(4,5)15(6,7)22-17/h10-11H,8-9H2,1-7H3,(H,18,19)/b11-10+. The Balaban J connectivity index is 1.92. The van der Waals surface area contributed by atoms with Crippen molar-refractivity contribution in [1.82, 2.24) is 5.32 Å². The fourth-order valence-electron chi connectivity index (χ4n) is 2.20. The van der Waals surface area contributed by atoms with Crippen LogP contribution in [0.5, 0.6) is 0 Å². The van der Waals surface area contributed by atoms with Gasteiger partial charge in [0.2, 0.25) is 0 Å². The minimum absolute atomic E-state index is 0.314. The van der Waals surface area contributed by atoms with Gasteiger partial charge in [0, 0.05) is 0 Å². The lowest BCUT2D eigenvalue weighted by Gasteiger charge is -2.32. The summed E-state index contributed by atoms with van der Waals surface area (Å²) in [6.45, 7) is 13.6. The van der Waals surface area contributed by atoms with Crippen LogP contribution in [0.25, 0.3) is 0 Å². The van der Waals surface area contributed by atoms with Gasteiger partial charge in [-0.1, -0.05) is 12.1 Å². The van der Waals surface area contributed by atoms with Crippen LogP contribution in [0.3, 0.4) is 0 Å². The largest absolute Gasteiger partial charge is 0.486 e. The Hall–Kier alpha value is -1.01. The molecule has 1 amide bonds. The molecule has 0 spiro atoms. The molecule has 1 aliphatic heterocycles. The fourth-order valence-corrected chi connectivity index (χ4v) is 2.20. The molecule has 2 fully saturated rings. The molecule has 1 N–H and O–H groups in total. The van der Waals surface area contributed by atoms with Crippen LogP contribution < -0.4 is 5.32 Å². The van der Waals surface area contributed by atoms with Crippen LogP contribution in [0.1, 0.15) is 61.3 Å². The molecule has 1 saturated carbocycles. The number of hydrogen-bond donors (Lipinski definition) is 1. The molecular weight excluding hydrogens is 281 g/mol. The number of amides is 1. The van der Waals surface area contributed by atoms with E-state index in [9.17, 15) is 4.79 Å². The molecule has 1 aliphatic carbocycles. The highest BCUT2D eigenvalue weighted by Gasteiger charge is 2.51. The second-order valence-electron chi connectivity index (χ2n) is 8.27. The predicted octanol–water partition coefficient (Wildman–Crippen LogP) is 3.23. The van der Waals surface area contributed by atoms with Crippen molar-refractivity contribution in [3.05, 3.63) is 12.1 Å². The molecule has 0 aromatic rings. The Bertz CT molecular complexity index is 459. The highest BCUT2D eigenvalue weighted by atomic mass is 16.7. The fraction of sp³-hybridized carbons (Fsp3) is 0.812. The number of carbonyl (C=O) groups is 1. The SMILES string of the molecule is CC(C)(C)OC(=O)NC1(/C=C/B2OC(C)(C)C(C)(C)O2)CC1. The van der Waals surface area contributed by atoms with E-state index in [-0.39, 0.29) is 30.0 Å². The van der Waals surface area contributed by atoms with E-state index in [1.165, 1.54) is 0 Å². The minimum Gasteiger partial charge on any atom is -0.444 e. The lowest BCUT2D eigenvalue weighted by molar-refractivity contribution is 0.00578. The lowest BCUT2D eigenvalue weighted by atomic mass is 9.88. The Morgan fingerprint density at radius 3 is 2.05 bits per heavy atom. The summed E-state index contributed by atoms with van der Waals surface area (Å²) in [5, 5.41) is 2.93. The monoisotopic (exact) mass is 309 g/mol. The van der Waals surface area contributed by atoms with Crippen molar-refractivity contribution in [2.24, 2.45) is 0 Å². The average Bonchev–Trinajstić information content (AvgIpc) is 2.97. The number of ether oxygens (including phenoxy) is 1. The van der Waals surface area contributed by atoms with Gasteiger partial charge in [-0.2, -0.15) is 0 Å². The highest BCUT2D eigenvalue weighted by molar-refractivity contribution is 6.51. The molecule has 0 bridgehead atoms. The lowest BCUT2D eigenvalue weighted by Crippen LogP contribution is -2.41. The van der Waals surface area contributed by atoms with Crippen molar-refractivity contribution >= 4 is 13.2 Å². The van der Waals surface area contributed by atoms with Gasteiger partial charge in [-0.25, -0.2) is 4.79 Å². The van der Waals surface area contributed by atoms with Crippen LogP contribution in [-0.4, -0.2) is 35.6 Å². The van der Waals surface area contributed by atoms with E-state index >= 15 is 0 Å². The molecule has 1 saturated heterocycles. The van der Waals surface area contributed by atoms with Gasteiger partial charge < -0.3 is 19.4 Å². The maximum Gasteiger partial charge on any atom is 0.486 e. The third kappa shape index (κ3) is 4.05. The van der Waals surface area contributed by atoms with Gasteiger partial charge in [-0.3, -0.25) is 0 Å². The van der Waals surface area contributed by atoms with Crippen LogP contribution in [0.4, 0.5) is 4.79 Å². The van der Waals surface area contributed by atoms with Gasteiger partial charge in [-0.05, 0) is 61.3 Å². The minimum atomic E-state index is -0.490. The topological polar surface area (TPSA) is 56.8 Å². The normalized spacial score (nSPS) is 25.3. The zero-order chi connectivity index (χ0) is 16.8. The van der Waals surface area contributed by atoms with Crippen LogP contribution in [-0.2, 0) is 14.0 Å². The molecule has 6 heteroatoms. The highest BCUT2D eigenvalue weighted by Crippen LogP contribution is 2.40. The zero-order valence-electron chi connectivity index (χ0n) is 14.8. The van der Waals surface area contributed by atoms with E-state index < -0.39 is 5.60 Å². The Kier molecular flexibility index (Phi) is 4.16. The van der Waals surface area contributed by atoms with Gasteiger partial charge in [0.1, 0.15) is 5.60 Å². The first-order valence-corrected chi connectivity index (χ1v) is 7.90. The molecule has 0 aromatic heterocycles. The quantitative estimate of drug-likeness (QED) is 0.813. The number of alkyl carbamates (subject to hydrolysis) is 1. The van der Waals surface area contributed by atoms with E-state index in [4.69, 9.17) is 14.0 Å². The van der Waals surface area contributed by atoms with E-state index in [2.05, 4.69) is 5.32 Å². The summed E-state index contributed by atoms with van der Waals surface area (Å²) < 4.78 is 17.1. The van der Waals surface area contributed by atoms with E-state index in [1.807, 2.05) is 60.5 Å². The molecule has 124 valence electrons.